The highest BCUT2D eigenvalue weighted by Crippen LogP contribution is 2.10. The smallest absolute Gasteiger partial charge is 0.250 e. The van der Waals surface area contributed by atoms with E-state index in [4.69, 9.17) is 0 Å². The van der Waals surface area contributed by atoms with Crippen molar-refractivity contribution in [1.82, 2.24) is 0 Å². The van der Waals surface area contributed by atoms with E-state index in [9.17, 15) is 4.79 Å². The minimum absolute atomic E-state index is 0.130. The van der Waals surface area contributed by atoms with Gasteiger partial charge in [-0.15, -0.1) is 0 Å². The van der Waals surface area contributed by atoms with Gasteiger partial charge in [-0.2, -0.15) is 0 Å². The molecule has 0 atom stereocenters. The van der Waals surface area contributed by atoms with Crippen LogP contribution in [0.3, 0.4) is 0 Å². The van der Waals surface area contributed by atoms with Crippen molar-refractivity contribution in [1.29, 1.82) is 0 Å². The normalized spacial score (nSPS) is 9.57. The largest absolute Gasteiger partial charge is 0.322 e. The predicted molar refractivity (Wildman–Crippen MR) is 59.3 cm³/mol. The van der Waals surface area contributed by atoms with Crippen LogP contribution >= 0.6 is 0 Å². The van der Waals surface area contributed by atoms with E-state index in [-0.39, 0.29) is 5.91 Å². The predicted octanol–water partition coefficient (Wildman–Crippen LogP) is 2.76. The minimum Gasteiger partial charge on any atom is -0.322 e. The van der Waals surface area contributed by atoms with Crippen LogP contribution in [-0.4, -0.2) is 5.91 Å². The molecule has 0 aliphatic rings. The molecule has 0 aromatic heterocycles. The molecule has 0 saturated carbocycles. The first-order valence-corrected chi connectivity index (χ1v) is 4.69. The molecule has 0 aliphatic heterocycles. The van der Waals surface area contributed by atoms with Crippen LogP contribution in [0.2, 0.25) is 0 Å². The van der Waals surface area contributed by atoms with E-state index in [1.807, 2.05) is 24.3 Å². The van der Waals surface area contributed by atoms with Gasteiger partial charge < -0.3 is 5.32 Å². The van der Waals surface area contributed by atoms with Crippen molar-refractivity contribution in [2.45, 2.75) is 20.3 Å². The lowest BCUT2D eigenvalue weighted by molar-refractivity contribution is -0.112. The molecule has 1 aromatic carbocycles. The molecule has 14 heavy (non-hydrogen) atoms. The molecule has 0 spiro atoms. The number of rotatable bonds is 3. The Morgan fingerprint density at radius 2 is 1.93 bits per heavy atom. The Hall–Kier alpha value is -1.57. The van der Waals surface area contributed by atoms with Gasteiger partial charge >= 0.3 is 0 Å². The van der Waals surface area contributed by atoms with Gasteiger partial charge in [0.2, 0.25) is 0 Å². The van der Waals surface area contributed by atoms with Crippen molar-refractivity contribution in [3.05, 3.63) is 42.0 Å². The third kappa shape index (κ3) is 2.73. The topological polar surface area (TPSA) is 29.1 Å². The number of carbonyl (C=O) groups excluding carboxylic acids is 1. The van der Waals surface area contributed by atoms with Gasteiger partial charge in [0, 0.05) is 11.3 Å². The standard InChI is InChI=1S/C12H15NO/c1-4-10-5-7-11(8-6-10)13-12(14)9(2)3/h5-8H,2,4H2,1,3H3,(H,13,14). The minimum atomic E-state index is -0.130. The zero-order valence-electron chi connectivity index (χ0n) is 8.63. The van der Waals surface area contributed by atoms with Crippen molar-refractivity contribution < 1.29 is 4.79 Å². The summed E-state index contributed by atoms with van der Waals surface area (Å²) in [6, 6.07) is 7.82. The summed E-state index contributed by atoms with van der Waals surface area (Å²) in [5.41, 5.74) is 2.60. The molecule has 0 fully saturated rings. The number of carbonyl (C=O) groups is 1. The SMILES string of the molecule is C=C(C)C(=O)Nc1ccc(CC)cc1. The van der Waals surface area contributed by atoms with Gasteiger partial charge in [0.1, 0.15) is 0 Å². The summed E-state index contributed by atoms with van der Waals surface area (Å²) >= 11 is 0. The Bertz CT molecular complexity index is 338. The average Bonchev–Trinajstić information content (AvgIpc) is 2.19. The molecule has 1 amide bonds. The summed E-state index contributed by atoms with van der Waals surface area (Å²) < 4.78 is 0. The van der Waals surface area contributed by atoms with E-state index in [1.54, 1.807) is 6.92 Å². The van der Waals surface area contributed by atoms with Crippen molar-refractivity contribution in [3.8, 4) is 0 Å². The number of anilines is 1. The third-order valence-electron chi connectivity index (χ3n) is 2.01. The molecule has 0 radical (unpaired) electrons. The lowest BCUT2D eigenvalue weighted by atomic mass is 10.1. The van der Waals surface area contributed by atoms with Crippen LogP contribution < -0.4 is 5.32 Å². The van der Waals surface area contributed by atoms with Crippen molar-refractivity contribution in [2.75, 3.05) is 5.32 Å². The first-order chi connectivity index (χ1) is 6.63. The lowest BCUT2D eigenvalue weighted by Gasteiger charge is -2.04. The Balaban J connectivity index is 2.69. The van der Waals surface area contributed by atoms with Crippen molar-refractivity contribution >= 4 is 11.6 Å². The van der Waals surface area contributed by atoms with Crippen LogP contribution in [0.15, 0.2) is 36.4 Å². The molecule has 2 heteroatoms. The van der Waals surface area contributed by atoms with Crippen LogP contribution in [0.1, 0.15) is 19.4 Å². The number of hydrogen-bond donors (Lipinski definition) is 1. The Morgan fingerprint density at radius 1 is 1.36 bits per heavy atom. The highest BCUT2D eigenvalue weighted by atomic mass is 16.1. The first kappa shape index (κ1) is 10.5. The number of amides is 1. The maximum absolute atomic E-state index is 11.3. The van der Waals surface area contributed by atoms with Crippen molar-refractivity contribution in [3.63, 3.8) is 0 Å². The highest BCUT2D eigenvalue weighted by molar-refractivity contribution is 6.02. The van der Waals surface area contributed by atoms with Gasteiger partial charge in [-0.05, 0) is 31.0 Å². The van der Waals surface area contributed by atoms with Gasteiger partial charge in [0.05, 0.1) is 0 Å². The Kier molecular flexibility index (Phi) is 3.46. The first-order valence-electron chi connectivity index (χ1n) is 4.69. The average molecular weight is 189 g/mol. The molecule has 1 N–H and O–H groups in total. The molecule has 0 saturated heterocycles. The van der Waals surface area contributed by atoms with Gasteiger partial charge in [-0.1, -0.05) is 25.6 Å². The number of benzene rings is 1. The molecule has 1 aromatic rings. The molecule has 0 unspecified atom stereocenters. The fourth-order valence-corrected chi connectivity index (χ4v) is 1.06. The third-order valence-corrected chi connectivity index (χ3v) is 2.01. The molecular weight excluding hydrogens is 174 g/mol. The van der Waals surface area contributed by atoms with Crippen LogP contribution in [0.5, 0.6) is 0 Å². The number of nitrogens with one attached hydrogen (secondary N) is 1. The van der Waals surface area contributed by atoms with E-state index in [0.29, 0.717) is 5.57 Å². The zero-order valence-corrected chi connectivity index (χ0v) is 8.63. The molecule has 2 nitrogen and oxygen atoms in total. The number of aryl methyl sites for hydroxylation is 1. The zero-order chi connectivity index (χ0) is 10.6. The molecular formula is C12H15NO. The van der Waals surface area contributed by atoms with Crippen LogP contribution in [0, 0.1) is 0 Å². The fourth-order valence-electron chi connectivity index (χ4n) is 1.06. The van der Waals surface area contributed by atoms with E-state index in [1.165, 1.54) is 5.56 Å². The fraction of sp³-hybridized carbons (Fsp3) is 0.250. The Morgan fingerprint density at radius 3 is 2.36 bits per heavy atom. The molecule has 0 aliphatic carbocycles. The van der Waals surface area contributed by atoms with Gasteiger partial charge in [0.25, 0.3) is 5.91 Å². The summed E-state index contributed by atoms with van der Waals surface area (Å²) in [5, 5.41) is 2.75. The lowest BCUT2D eigenvalue weighted by Crippen LogP contribution is -2.11. The second kappa shape index (κ2) is 4.61. The van der Waals surface area contributed by atoms with Crippen LogP contribution in [0.4, 0.5) is 5.69 Å². The summed E-state index contributed by atoms with van der Waals surface area (Å²) in [5.74, 6) is -0.130. The second-order valence-corrected chi connectivity index (χ2v) is 3.28. The second-order valence-electron chi connectivity index (χ2n) is 3.28. The van der Waals surface area contributed by atoms with E-state index in [0.717, 1.165) is 12.1 Å². The van der Waals surface area contributed by atoms with Crippen LogP contribution in [-0.2, 0) is 11.2 Å². The highest BCUT2D eigenvalue weighted by Gasteiger charge is 2.01. The Labute approximate surface area is 84.6 Å². The summed E-state index contributed by atoms with van der Waals surface area (Å²) in [4.78, 5) is 11.3. The summed E-state index contributed by atoms with van der Waals surface area (Å²) in [6.45, 7) is 7.36. The molecule has 0 heterocycles. The van der Waals surface area contributed by atoms with Gasteiger partial charge in [0.15, 0.2) is 0 Å². The summed E-state index contributed by atoms with van der Waals surface area (Å²) in [6.07, 6.45) is 1.01. The molecule has 74 valence electrons. The maximum Gasteiger partial charge on any atom is 0.250 e. The van der Waals surface area contributed by atoms with Gasteiger partial charge in [-0.25, -0.2) is 0 Å². The van der Waals surface area contributed by atoms with E-state index >= 15 is 0 Å². The van der Waals surface area contributed by atoms with Crippen LogP contribution in [0.25, 0.3) is 0 Å². The maximum atomic E-state index is 11.3. The van der Waals surface area contributed by atoms with E-state index < -0.39 is 0 Å². The summed E-state index contributed by atoms with van der Waals surface area (Å²) in [7, 11) is 0. The quantitative estimate of drug-likeness (QED) is 0.728. The monoisotopic (exact) mass is 189 g/mol. The van der Waals surface area contributed by atoms with Crippen molar-refractivity contribution in [2.24, 2.45) is 0 Å². The van der Waals surface area contributed by atoms with Gasteiger partial charge in [-0.3, -0.25) is 4.79 Å². The molecule has 1 rings (SSSR count). The molecule has 0 bridgehead atoms. The number of hydrogen-bond acceptors (Lipinski definition) is 1. The van der Waals surface area contributed by atoms with E-state index in [2.05, 4.69) is 18.8 Å².